The molecule has 3 rings (SSSR count). The van der Waals surface area contributed by atoms with Crippen LogP contribution in [-0.2, 0) is 9.53 Å². The van der Waals surface area contributed by atoms with Gasteiger partial charge in [0.15, 0.2) is 12.4 Å². The van der Waals surface area contributed by atoms with E-state index in [0.29, 0.717) is 31.7 Å². The van der Waals surface area contributed by atoms with Crippen molar-refractivity contribution < 1.29 is 23.9 Å². The minimum atomic E-state index is -0.655. The number of anilines is 1. The van der Waals surface area contributed by atoms with Gasteiger partial charge in [-0.05, 0) is 37.3 Å². The maximum atomic E-state index is 12.3. The fourth-order valence-corrected chi connectivity index (χ4v) is 3.02. The van der Waals surface area contributed by atoms with Gasteiger partial charge in [0.1, 0.15) is 11.4 Å². The number of piperazine rings is 1. The van der Waals surface area contributed by atoms with Gasteiger partial charge in [0.2, 0.25) is 0 Å². The molecule has 0 saturated carbocycles. The number of hydrogen-bond donors (Lipinski definition) is 1. The number of nitrogens with one attached hydrogen (secondary N) is 1. The van der Waals surface area contributed by atoms with E-state index in [9.17, 15) is 14.4 Å². The largest absolute Gasteiger partial charge is 0.497 e. The van der Waals surface area contributed by atoms with Crippen LogP contribution in [0.25, 0.3) is 0 Å². The van der Waals surface area contributed by atoms with Crippen molar-refractivity contribution in [1.29, 1.82) is 0 Å². The molecule has 148 valence electrons. The fourth-order valence-electron chi connectivity index (χ4n) is 3.02. The van der Waals surface area contributed by atoms with Crippen molar-refractivity contribution in [2.45, 2.75) is 6.92 Å². The molecule has 0 aliphatic carbocycles. The summed E-state index contributed by atoms with van der Waals surface area (Å²) in [4.78, 5) is 42.2. The molecule has 0 atom stereocenters. The molecule has 28 heavy (non-hydrogen) atoms. The molecule has 8 heteroatoms. The highest BCUT2D eigenvalue weighted by atomic mass is 16.5. The first-order chi connectivity index (χ1) is 13.5. The Morgan fingerprint density at radius 2 is 1.75 bits per heavy atom. The third-order valence-electron chi connectivity index (χ3n) is 4.71. The van der Waals surface area contributed by atoms with E-state index in [2.05, 4.69) is 9.88 Å². The number of aromatic amines is 1. The van der Waals surface area contributed by atoms with Crippen LogP contribution in [0, 0.1) is 0 Å². The zero-order valence-electron chi connectivity index (χ0n) is 15.9. The standard InChI is InChI=1S/C20H23N3O5/c1-14(24)15-11-18(21-12-15)20(26)28-13-19(25)23-9-7-22(8-10-23)16-3-5-17(27-2)6-4-16/h3-6,11-12,21H,7-10,13H2,1-2H3. The lowest BCUT2D eigenvalue weighted by atomic mass is 10.2. The van der Waals surface area contributed by atoms with Gasteiger partial charge in [-0.2, -0.15) is 0 Å². The average Bonchev–Trinajstić information content (AvgIpc) is 3.23. The molecule has 1 amide bonds. The normalized spacial score (nSPS) is 13.9. The highest BCUT2D eigenvalue weighted by Crippen LogP contribution is 2.20. The quantitative estimate of drug-likeness (QED) is 0.601. The van der Waals surface area contributed by atoms with Crippen LogP contribution >= 0.6 is 0 Å². The van der Waals surface area contributed by atoms with Gasteiger partial charge in [-0.1, -0.05) is 0 Å². The van der Waals surface area contributed by atoms with Gasteiger partial charge >= 0.3 is 5.97 Å². The van der Waals surface area contributed by atoms with Crippen LogP contribution < -0.4 is 9.64 Å². The number of aromatic nitrogens is 1. The number of hydrogen-bond acceptors (Lipinski definition) is 6. The van der Waals surface area contributed by atoms with Gasteiger partial charge in [-0.15, -0.1) is 0 Å². The van der Waals surface area contributed by atoms with Crippen LogP contribution in [0.4, 0.5) is 5.69 Å². The fraction of sp³-hybridized carbons (Fsp3) is 0.350. The van der Waals surface area contributed by atoms with E-state index in [1.165, 1.54) is 19.2 Å². The second kappa shape index (κ2) is 8.60. The lowest BCUT2D eigenvalue weighted by Gasteiger charge is -2.36. The van der Waals surface area contributed by atoms with E-state index in [1.807, 2.05) is 24.3 Å². The molecule has 0 radical (unpaired) electrons. The van der Waals surface area contributed by atoms with Crippen molar-refractivity contribution in [3.63, 3.8) is 0 Å². The zero-order valence-corrected chi connectivity index (χ0v) is 15.9. The number of ketones is 1. The number of carbonyl (C=O) groups excluding carboxylic acids is 3. The highest BCUT2D eigenvalue weighted by molar-refractivity contribution is 5.97. The molecular weight excluding hydrogens is 362 g/mol. The molecule has 2 heterocycles. The van der Waals surface area contributed by atoms with Crippen LogP contribution in [0.3, 0.4) is 0 Å². The van der Waals surface area contributed by atoms with Gasteiger partial charge < -0.3 is 24.3 Å². The van der Waals surface area contributed by atoms with E-state index in [-0.39, 0.29) is 24.0 Å². The smallest absolute Gasteiger partial charge is 0.355 e. The third kappa shape index (κ3) is 4.51. The Bertz CT molecular complexity index is 851. The minimum Gasteiger partial charge on any atom is -0.497 e. The molecule has 1 aromatic carbocycles. The number of carbonyl (C=O) groups is 3. The van der Waals surface area contributed by atoms with Crippen molar-refractivity contribution in [2.24, 2.45) is 0 Å². The van der Waals surface area contributed by atoms with E-state index >= 15 is 0 Å². The number of esters is 1. The maximum absolute atomic E-state index is 12.3. The Morgan fingerprint density at radius 3 is 2.32 bits per heavy atom. The first-order valence-corrected chi connectivity index (χ1v) is 9.01. The maximum Gasteiger partial charge on any atom is 0.355 e. The first kappa shape index (κ1) is 19.5. The SMILES string of the molecule is COc1ccc(N2CCN(C(=O)COC(=O)c3cc(C(C)=O)c[nH]3)CC2)cc1. The van der Waals surface area contributed by atoms with Gasteiger partial charge in [0.05, 0.1) is 7.11 Å². The van der Waals surface area contributed by atoms with Crippen molar-refractivity contribution in [3.05, 3.63) is 47.8 Å². The highest BCUT2D eigenvalue weighted by Gasteiger charge is 2.23. The predicted molar refractivity (Wildman–Crippen MR) is 103 cm³/mol. The van der Waals surface area contributed by atoms with Crippen LogP contribution in [0.5, 0.6) is 5.75 Å². The molecule has 0 spiro atoms. The molecule has 0 bridgehead atoms. The summed E-state index contributed by atoms with van der Waals surface area (Å²) in [6.45, 7) is 3.59. The van der Waals surface area contributed by atoms with Crippen LogP contribution in [-0.4, -0.2) is 67.4 Å². The van der Waals surface area contributed by atoms with Gasteiger partial charge in [-0.25, -0.2) is 4.79 Å². The topological polar surface area (TPSA) is 91.9 Å². The Balaban J connectivity index is 1.46. The molecule has 1 aliphatic rings. The molecule has 1 aliphatic heterocycles. The number of H-pyrrole nitrogens is 1. The van der Waals surface area contributed by atoms with E-state index < -0.39 is 5.97 Å². The van der Waals surface area contributed by atoms with E-state index in [0.717, 1.165) is 11.4 Å². The number of rotatable bonds is 6. The Hall–Kier alpha value is -3.29. The van der Waals surface area contributed by atoms with Crippen LogP contribution in [0.2, 0.25) is 0 Å². The zero-order chi connectivity index (χ0) is 20.1. The van der Waals surface area contributed by atoms with E-state index in [4.69, 9.17) is 9.47 Å². The van der Waals surface area contributed by atoms with E-state index in [1.54, 1.807) is 12.0 Å². The van der Waals surface area contributed by atoms with Gasteiger partial charge in [-0.3, -0.25) is 9.59 Å². The molecule has 1 N–H and O–H groups in total. The summed E-state index contributed by atoms with van der Waals surface area (Å²) in [5, 5.41) is 0. The summed E-state index contributed by atoms with van der Waals surface area (Å²) in [5.74, 6) is -0.239. The first-order valence-electron chi connectivity index (χ1n) is 9.01. The number of benzene rings is 1. The predicted octanol–water partition coefficient (Wildman–Crippen LogP) is 1.73. The Kier molecular flexibility index (Phi) is 5.98. The van der Waals surface area contributed by atoms with Crippen molar-refractivity contribution >= 4 is 23.3 Å². The summed E-state index contributed by atoms with van der Waals surface area (Å²) >= 11 is 0. The lowest BCUT2D eigenvalue weighted by Crippen LogP contribution is -2.49. The van der Waals surface area contributed by atoms with Crippen molar-refractivity contribution in [2.75, 3.05) is 44.8 Å². The second-order valence-corrected chi connectivity index (χ2v) is 6.50. The molecule has 8 nitrogen and oxygen atoms in total. The number of Topliss-reactive ketones (excluding diaryl/α,β-unsaturated/α-hetero) is 1. The number of nitrogens with zero attached hydrogens (tertiary/aromatic N) is 2. The number of ether oxygens (including phenoxy) is 2. The van der Waals surface area contributed by atoms with Crippen molar-refractivity contribution in [1.82, 2.24) is 9.88 Å². The van der Waals surface area contributed by atoms with Crippen molar-refractivity contribution in [3.8, 4) is 5.75 Å². The Morgan fingerprint density at radius 1 is 1.07 bits per heavy atom. The lowest BCUT2D eigenvalue weighted by molar-refractivity contribution is -0.134. The average molecular weight is 385 g/mol. The molecule has 1 aromatic heterocycles. The summed E-state index contributed by atoms with van der Waals surface area (Å²) < 4.78 is 10.2. The number of methoxy groups -OCH3 is 1. The van der Waals surface area contributed by atoms with Crippen LogP contribution in [0.15, 0.2) is 36.5 Å². The molecule has 1 fully saturated rings. The third-order valence-corrected chi connectivity index (χ3v) is 4.71. The molecule has 2 aromatic rings. The molecular formula is C20H23N3O5. The summed E-state index contributed by atoms with van der Waals surface area (Å²) in [6.07, 6.45) is 1.44. The summed E-state index contributed by atoms with van der Waals surface area (Å²) in [5.41, 5.74) is 1.63. The number of amides is 1. The molecule has 1 saturated heterocycles. The summed E-state index contributed by atoms with van der Waals surface area (Å²) in [6, 6.07) is 9.21. The monoisotopic (exact) mass is 385 g/mol. The summed E-state index contributed by atoms with van der Waals surface area (Å²) in [7, 11) is 1.63. The minimum absolute atomic E-state index is 0.152. The Labute approximate surface area is 163 Å². The second-order valence-electron chi connectivity index (χ2n) is 6.50. The van der Waals surface area contributed by atoms with Crippen LogP contribution in [0.1, 0.15) is 27.8 Å². The molecule has 0 unspecified atom stereocenters. The van der Waals surface area contributed by atoms with Gasteiger partial charge in [0, 0.05) is 43.6 Å². The van der Waals surface area contributed by atoms with Gasteiger partial charge in [0.25, 0.3) is 5.91 Å².